The molecule has 0 aliphatic rings. The minimum Gasteiger partial charge on any atom is -0.466 e. The first kappa shape index (κ1) is 69.0. The molecule has 0 saturated carbocycles. The Hall–Kier alpha value is -1.06. The summed E-state index contributed by atoms with van der Waals surface area (Å²) in [4.78, 5) is 23.7. The zero-order valence-electron chi connectivity index (χ0n) is 47.6. The van der Waals surface area contributed by atoms with Crippen molar-refractivity contribution < 1.29 is 19.1 Å². The van der Waals surface area contributed by atoms with Gasteiger partial charge in [-0.05, 0) is 25.7 Å². The van der Waals surface area contributed by atoms with Gasteiger partial charge in [-0.3, -0.25) is 9.59 Å². The van der Waals surface area contributed by atoms with Crippen LogP contribution in [0.4, 0.5) is 0 Å². The van der Waals surface area contributed by atoms with E-state index < -0.39 is 0 Å². The fourth-order valence-electron chi connectivity index (χ4n) is 9.68. The molecule has 0 rings (SSSR count). The van der Waals surface area contributed by atoms with Crippen LogP contribution in [-0.4, -0.2) is 25.2 Å². The minimum atomic E-state index is 0.0257. The van der Waals surface area contributed by atoms with E-state index in [1.807, 2.05) is 0 Å². The Morgan fingerprint density at radius 2 is 0.324 bits per heavy atom. The van der Waals surface area contributed by atoms with Crippen LogP contribution in [0.5, 0.6) is 0 Å². The van der Waals surface area contributed by atoms with Crippen LogP contribution in [0.3, 0.4) is 0 Å². The van der Waals surface area contributed by atoms with Crippen LogP contribution in [-0.2, 0) is 19.1 Å². The van der Waals surface area contributed by atoms with E-state index in [-0.39, 0.29) is 11.9 Å². The molecule has 4 nitrogen and oxygen atoms in total. The number of rotatable bonds is 58. The van der Waals surface area contributed by atoms with Crippen molar-refractivity contribution in [1.82, 2.24) is 0 Å². The Labute approximate surface area is 429 Å². The highest BCUT2D eigenvalue weighted by Gasteiger charge is 2.05. The summed E-state index contributed by atoms with van der Waals surface area (Å²) in [6, 6.07) is 0. The van der Waals surface area contributed by atoms with Gasteiger partial charge in [0, 0.05) is 12.8 Å². The number of unbranched alkanes of at least 4 members (excludes halogenated alkanes) is 50. The molecule has 0 fully saturated rings. The van der Waals surface area contributed by atoms with Gasteiger partial charge in [0.25, 0.3) is 0 Å². The van der Waals surface area contributed by atoms with E-state index in [0.29, 0.717) is 26.1 Å². The van der Waals surface area contributed by atoms with Crippen molar-refractivity contribution in [3.05, 3.63) is 0 Å². The molecule has 68 heavy (non-hydrogen) atoms. The van der Waals surface area contributed by atoms with E-state index in [2.05, 4.69) is 27.7 Å². The first-order chi connectivity index (χ1) is 33.6. The van der Waals surface area contributed by atoms with Crippen molar-refractivity contribution in [2.45, 2.75) is 387 Å². The van der Waals surface area contributed by atoms with Gasteiger partial charge in [0.2, 0.25) is 0 Å². The monoisotopic (exact) mass is 961 g/mol. The number of esters is 2. The molecule has 0 aromatic heterocycles. The van der Waals surface area contributed by atoms with Crippen LogP contribution >= 0.6 is 0 Å². The van der Waals surface area contributed by atoms with Crippen LogP contribution < -0.4 is 0 Å². The van der Waals surface area contributed by atoms with Crippen LogP contribution in [0.1, 0.15) is 387 Å². The molecule has 0 bridgehead atoms. The average molecular weight is 962 g/mol. The number of hydrogen-bond acceptors (Lipinski definition) is 4. The predicted molar refractivity (Wildman–Crippen MR) is 303 cm³/mol. The summed E-state index contributed by atoms with van der Waals surface area (Å²) in [7, 11) is 0. The smallest absolute Gasteiger partial charge is 0.305 e. The van der Waals surface area contributed by atoms with Gasteiger partial charge in [-0.25, -0.2) is 0 Å². The van der Waals surface area contributed by atoms with E-state index in [4.69, 9.17) is 9.47 Å². The second kappa shape index (κ2) is 65.9. The summed E-state index contributed by atoms with van der Waals surface area (Å²) in [5.41, 5.74) is 0. The largest absolute Gasteiger partial charge is 0.466 e. The van der Waals surface area contributed by atoms with E-state index in [0.717, 1.165) is 25.7 Å². The maximum atomic E-state index is 11.9. The molecule has 0 heterocycles. The maximum Gasteiger partial charge on any atom is 0.305 e. The van der Waals surface area contributed by atoms with Gasteiger partial charge < -0.3 is 9.47 Å². The third kappa shape index (κ3) is 67.0. The van der Waals surface area contributed by atoms with Gasteiger partial charge in [0.05, 0.1) is 13.2 Å². The molecule has 4 heteroatoms. The number of ether oxygens (including phenoxy) is 2. The molecular formula is C64H128O4. The molecule has 0 unspecified atom stereocenters. The zero-order valence-corrected chi connectivity index (χ0v) is 47.6. The molecule has 0 aromatic rings. The lowest BCUT2D eigenvalue weighted by Crippen LogP contribution is -2.05. The summed E-state index contributed by atoms with van der Waals surface area (Å²) in [5, 5.41) is 0. The van der Waals surface area contributed by atoms with Gasteiger partial charge in [0.1, 0.15) is 0 Å². The quantitative estimate of drug-likeness (QED) is 0.0450. The first-order valence-corrected chi connectivity index (χ1v) is 31.9. The Bertz CT molecular complexity index is 830. The summed E-state index contributed by atoms with van der Waals surface area (Å²) in [6.45, 7) is 10.4. The van der Waals surface area contributed by atoms with E-state index in [1.54, 1.807) is 0 Å². The molecule has 0 aromatic carbocycles. The third-order valence-corrected chi connectivity index (χ3v) is 14.5. The summed E-state index contributed by atoms with van der Waals surface area (Å²) in [5.74, 6) is 0.0514. The standard InChI is InChI=1S/2C32H64O2/c2*1-3-5-7-9-11-13-15-17-19-21-23-25-27-29-31-34-32(33)30-28-26-24-22-20-18-16-14-12-10-8-6-4-2/h2*3-31H2,1-2H3. The van der Waals surface area contributed by atoms with Crippen molar-refractivity contribution in [3.8, 4) is 0 Å². The normalized spacial score (nSPS) is 11.2. The average Bonchev–Trinajstić information content (AvgIpc) is 3.34. The van der Waals surface area contributed by atoms with Crippen LogP contribution in [0.2, 0.25) is 0 Å². The Morgan fingerprint density at radius 1 is 0.191 bits per heavy atom. The number of hydrogen-bond donors (Lipinski definition) is 0. The highest BCUT2D eigenvalue weighted by molar-refractivity contribution is 5.69. The fraction of sp³-hybridized carbons (Fsp3) is 0.969. The van der Waals surface area contributed by atoms with Crippen LogP contribution in [0.25, 0.3) is 0 Å². The molecule has 0 saturated heterocycles. The Kier molecular flexibility index (Phi) is 66.9. The molecule has 0 amide bonds. The van der Waals surface area contributed by atoms with Gasteiger partial charge in [-0.15, -0.1) is 0 Å². The van der Waals surface area contributed by atoms with E-state index >= 15 is 0 Å². The number of carbonyl (C=O) groups is 2. The second-order valence-corrected chi connectivity index (χ2v) is 21.6. The van der Waals surface area contributed by atoms with Crippen LogP contribution in [0, 0.1) is 0 Å². The third-order valence-electron chi connectivity index (χ3n) is 14.5. The lowest BCUT2D eigenvalue weighted by Gasteiger charge is -2.06. The SMILES string of the molecule is CCCCCCCCCCCCCCCCOC(=O)CCCCCCCCCCCCCCC.CCCCCCCCCCCCCCCCOC(=O)CCCCCCCCCCCCCCC. The second-order valence-electron chi connectivity index (χ2n) is 21.6. The fourth-order valence-corrected chi connectivity index (χ4v) is 9.68. The summed E-state index contributed by atoms with van der Waals surface area (Å²) in [6.07, 6.45) is 74.3. The molecule has 0 spiro atoms. The Morgan fingerprint density at radius 3 is 0.485 bits per heavy atom. The molecule has 0 atom stereocenters. The highest BCUT2D eigenvalue weighted by Crippen LogP contribution is 2.17. The van der Waals surface area contributed by atoms with Crippen molar-refractivity contribution in [2.75, 3.05) is 13.2 Å². The van der Waals surface area contributed by atoms with Crippen LogP contribution in [0.15, 0.2) is 0 Å². The lowest BCUT2D eigenvalue weighted by molar-refractivity contribution is -0.144. The molecular weight excluding hydrogens is 833 g/mol. The summed E-state index contributed by atoms with van der Waals surface area (Å²) >= 11 is 0. The Balaban J connectivity index is 0. The first-order valence-electron chi connectivity index (χ1n) is 31.9. The predicted octanol–water partition coefficient (Wildman–Crippen LogP) is 23.0. The van der Waals surface area contributed by atoms with Gasteiger partial charge in [0.15, 0.2) is 0 Å². The van der Waals surface area contributed by atoms with Crippen molar-refractivity contribution in [2.24, 2.45) is 0 Å². The molecule has 0 N–H and O–H groups in total. The van der Waals surface area contributed by atoms with Gasteiger partial charge in [-0.1, -0.05) is 349 Å². The molecule has 408 valence electrons. The topological polar surface area (TPSA) is 52.6 Å². The highest BCUT2D eigenvalue weighted by atomic mass is 16.5. The number of carbonyl (C=O) groups excluding carboxylic acids is 2. The minimum absolute atomic E-state index is 0.0257. The van der Waals surface area contributed by atoms with Crippen molar-refractivity contribution >= 4 is 11.9 Å². The van der Waals surface area contributed by atoms with Gasteiger partial charge >= 0.3 is 11.9 Å². The summed E-state index contributed by atoms with van der Waals surface area (Å²) < 4.78 is 10.8. The van der Waals surface area contributed by atoms with Gasteiger partial charge in [-0.2, -0.15) is 0 Å². The molecule has 0 aliphatic heterocycles. The van der Waals surface area contributed by atoms with E-state index in [1.165, 1.54) is 321 Å². The molecule has 0 aliphatic carbocycles. The maximum absolute atomic E-state index is 11.9. The van der Waals surface area contributed by atoms with Crippen molar-refractivity contribution in [3.63, 3.8) is 0 Å². The molecule has 0 radical (unpaired) electrons. The van der Waals surface area contributed by atoms with E-state index in [9.17, 15) is 9.59 Å². The zero-order chi connectivity index (χ0) is 49.6. The lowest BCUT2D eigenvalue weighted by atomic mass is 10.0. The van der Waals surface area contributed by atoms with Crippen molar-refractivity contribution in [1.29, 1.82) is 0 Å².